The van der Waals surface area contributed by atoms with Crippen LogP contribution in [0.4, 0.5) is 0 Å². The van der Waals surface area contributed by atoms with Crippen LogP contribution in [-0.2, 0) is 16.5 Å². The second-order valence-corrected chi connectivity index (χ2v) is 4.78. The zero-order valence-electron chi connectivity index (χ0n) is 6.77. The predicted molar refractivity (Wildman–Crippen MR) is 53.8 cm³/mol. The van der Waals surface area contributed by atoms with Crippen LogP contribution in [-0.4, -0.2) is 18.3 Å². The van der Waals surface area contributed by atoms with Crippen molar-refractivity contribution in [1.29, 1.82) is 0 Å². The number of hydrogen-bond acceptors (Lipinski definition) is 2. The number of halogens is 1. The van der Waals surface area contributed by atoms with E-state index in [-0.39, 0.29) is 4.90 Å². The fourth-order valence-electron chi connectivity index (χ4n) is 0.971. The Morgan fingerprint density at radius 2 is 2.08 bits per heavy atom. The van der Waals surface area contributed by atoms with Crippen LogP contribution in [0.5, 0.6) is 0 Å². The molecule has 0 spiro atoms. The fraction of sp³-hybridized carbons (Fsp3) is 0.250. The van der Waals surface area contributed by atoms with Gasteiger partial charge in [0.1, 0.15) is 0 Å². The van der Waals surface area contributed by atoms with Crippen LogP contribution in [0.15, 0.2) is 29.2 Å². The maximum absolute atomic E-state index is 10.7. The molecule has 0 unspecified atom stereocenters. The molecule has 0 aliphatic carbocycles. The average Bonchev–Trinajstić information content (AvgIpc) is 2.04. The third-order valence-electron chi connectivity index (χ3n) is 1.58. The van der Waals surface area contributed by atoms with E-state index in [0.717, 1.165) is 17.3 Å². The van der Waals surface area contributed by atoms with Crippen LogP contribution >= 0.6 is 15.9 Å². The van der Waals surface area contributed by atoms with E-state index < -0.39 is 10.1 Å². The van der Waals surface area contributed by atoms with Crippen molar-refractivity contribution in [2.24, 2.45) is 0 Å². The molecule has 1 rings (SSSR count). The monoisotopic (exact) mass is 264 g/mol. The molecule has 72 valence electrons. The Labute approximate surface area is 85.7 Å². The van der Waals surface area contributed by atoms with Crippen LogP contribution in [0.2, 0.25) is 0 Å². The molecule has 13 heavy (non-hydrogen) atoms. The Morgan fingerprint density at radius 1 is 1.38 bits per heavy atom. The van der Waals surface area contributed by atoms with Crippen LogP contribution in [0.1, 0.15) is 5.56 Å². The van der Waals surface area contributed by atoms with Gasteiger partial charge in [0.25, 0.3) is 10.1 Å². The second-order valence-electron chi connectivity index (χ2n) is 2.56. The van der Waals surface area contributed by atoms with Crippen LogP contribution in [0.25, 0.3) is 0 Å². The standard InChI is InChI=1S/C8H9BrO3S/c9-5-4-7-2-1-3-8(6-7)13(10,11)12/h1-3,6H,4-5H2,(H,10,11,12). The first kappa shape index (κ1) is 10.7. The molecule has 0 aromatic heterocycles. The van der Waals surface area contributed by atoms with E-state index in [4.69, 9.17) is 4.55 Å². The largest absolute Gasteiger partial charge is 0.294 e. The van der Waals surface area contributed by atoms with Crippen molar-refractivity contribution in [2.75, 3.05) is 5.33 Å². The molecular weight excluding hydrogens is 256 g/mol. The van der Waals surface area contributed by atoms with Crippen LogP contribution in [0.3, 0.4) is 0 Å². The quantitative estimate of drug-likeness (QED) is 0.670. The summed E-state index contributed by atoms with van der Waals surface area (Å²) in [7, 11) is -4.06. The van der Waals surface area contributed by atoms with Gasteiger partial charge in [0.2, 0.25) is 0 Å². The van der Waals surface area contributed by atoms with Gasteiger partial charge in [0, 0.05) is 5.33 Å². The third-order valence-corrected chi connectivity index (χ3v) is 2.83. The molecule has 0 amide bonds. The lowest BCUT2D eigenvalue weighted by Gasteiger charge is -2.00. The summed E-state index contributed by atoms with van der Waals surface area (Å²) in [5, 5.41) is 0.766. The van der Waals surface area contributed by atoms with Crippen molar-refractivity contribution >= 4 is 26.0 Å². The third kappa shape index (κ3) is 3.10. The topological polar surface area (TPSA) is 54.4 Å². The molecule has 0 radical (unpaired) electrons. The SMILES string of the molecule is O=S(=O)(O)c1cccc(CCBr)c1. The number of aryl methyl sites for hydroxylation is 1. The Balaban J connectivity index is 3.06. The molecule has 1 aromatic rings. The maximum atomic E-state index is 10.7. The van der Waals surface area contributed by atoms with E-state index in [1.165, 1.54) is 12.1 Å². The zero-order chi connectivity index (χ0) is 9.90. The lowest BCUT2D eigenvalue weighted by Crippen LogP contribution is -1.98. The van der Waals surface area contributed by atoms with Gasteiger partial charge in [-0.15, -0.1) is 0 Å². The predicted octanol–water partition coefficient (Wildman–Crippen LogP) is 1.87. The molecule has 0 saturated heterocycles. The van der Waals surface area contributed by atoms with Gasteiger partial charge in [-0.2, -0.15) is 8.42 Å². The number of hydrogen-bond donors (Lipinski definition) is 1. The Bertz CT molecular complexity index is 386. The highest BCUT2D eigenvalue weighted by Gasteiger charge is 2.08. The van der Waals surface area contributed by atoms with Gasteiger partial charge in [-0.3, -0.25) is 4.55 Å². The molecule has 0 atom stereocenters. The summed E-state index contributed by atoms with van der Waals surface area (Å²) in [5.74, 6) is 0. The Morgan fingerprint density at radius 3 is 2.62 bits per heavy atom. The molecule has 1 N–H and O–H groups in total. The van der Waals surface area contributed by atoms with Crippen LogP contribution < -0.4 is 0 Å². The highest BCUT2D eigenvalue weighted by Crippen LogP contribution is 2.11. The number of benzene rings is 1. The van der Waals surface area contributed by atoms with Gasteiger partial charge in [0.15, 0.2) is 0 Å². The van der Waals surface area contributed by atoms with Gasteiger partial charge in [0.05, 0.1) is 4.90 Å². The Kier molecular flexibility index (Phi) is 3.47. The van der Waals surface area contributed by atoms with Crippen molar-refractivity contribution in [3.8, 4) is 0 Å². The van der Waals surface area contributed by atoms with Gasteiger partial charge in [-0.1, -0.05) is 28.1 Å². The van der Waals surface area contributed by atoms with E-state index in [0.29, 0.717) is 0 Å². The van der Waals surface area contributed by atoms with Crippen molar-refractivity contribution in [1.82, 2.24) is 0 Å². The van der Waals surface area contributed by atoms with Crippen molar-refractivity contribution in [3.05, 3.63) is 29.8 Å². The van der Waals surface area contributed by atoms with E-state index >= 15 is 0 Å². The van der Waals surface area contributed by atoms with Gasteiger partial charge in [-0.05, 0) is 24.1 Å². The number of alkyl halides is 1. The summed E-state index contributed by atoms with van der Waals surface area (Å²) in [6, 6.07) is 6.26. The normalized spacial score (nSPS) is 11.5. The van der Waals surface area contributed by atoms with E-state index in [1.54, 1.807) is 6.07 Å². The van der Waals surface area contributed by atoms with Crippen LogP contribution in [0, 0.1) is 0 Å². The molecular formula is C8H9BrO3S. The van der Waals surface area contributed by atoms with Crippen molar-refractivity contribution < 1.29 is 13.0 Å². The summed E-state index contributed by atoms with van der Waals surface area (Å²) in [6.07, 6.45) is 0.739. The smallest absolute Gasteiger partial charge is 0.282 e. The molecule has 3 nitrogen and oxygen atoms in total. The Hall–Kier alpha value is -0.390. The molecule has 1 aromatic carbocycles. The summed E-state index contributed by atoms with van der Waals surface area (Å²) in [4.78, 5) is -0.0500. The minimum Gasteiger partial charge on any atom is -0.282 e. The second kappa shape index (κ2) is 4.21. The average molecular weight is 265 g/mol. The fourth-order valence-corrected chi connectivity index (χ4v) is 1.98. The van der Waals surface area contributed by atoms with Gasteiger partial charge < -0.3 is 0 Å². The van der Waals surface area contributed by atoms with Crippen molar-refractivity contribution in [2.45, 2.75) is 11.3 Å². The molecule has 0 aliphatic rings. The minimum absolute atomic E-state index is 0.0500. The van der Waals surface area contributed by atoms with Crippen molar-refractivity contribution in [3.63, 3.8) is 0 Å². The van der Waals surface area contributed by atoms with Gasteiger partial charge in [-0.25, -0.2) is 0 Å². The molecule has 0 bridgehead atoms. The van der Waals surface area contributed by atoms with E-state index in [1.807, 2.05) is 6.07 Å². The van der Waals surface area contributed by atoms with Gasteiger partial charge >= 0.3 is 0 Å². The number of rotatable bonds is 3. The molecule has 0 aliphatic heterocycles. The highest BCUT2D eigenvalue weighted by atomic mass is 79.9. The van der Waals surface area contributed by atoms with E-state index in [9.17, 15) is 8.42 Å². The summed E-state index contributed by atoms with van der Waals surface area (Å²) < 4.78 is 30.2. The molecule has 0 fully saturated rings. The summed E-state index contributed by atoms with van der Waals surface area (Å²) >= 11 is 3.25. The summed E-state index contributed by atoms with van der Waals surface area (Å²) in [6.45, 7) is 0. The molecule has 0 heterocycles. The molecule has 5 heteroatoms. The minimum atomic E-state index is -4.06. The zero-order valence-corrected chi connectivity index (χ0v) is 9.18. The highest BCUT2D eigenvalue weighted by molar-refractivity contribution is 9.09. The summed E-state index contributed by atoms with van der Waals surface area (Å²) in [5.41, 5.74) is 0.881. The molecule has 0 saturated carbocycles. The lowest BCUT2D eigenvalue weighted by molar-refractivity contribution is 0.483. The maximum Gasteiger partial charge on any atom is 0.294 e. The van der Waals surface area contributed by atoms with E-state index in [2.05, 4.69) is 15.9 Å². The first-order valence-electron chi connectivity index (χ1n) is 3.66. The first-order valence-corrected chi connectivity index (χ1v) is 6.22. The lowest BCUT2D eigenvalue weighted by atomic mass is 10.2. The first-order chi connectivity index (χ1) is 6.04.